The Morgan fingerprint density at radius 3 is 2.52 bits per heavy atom. The second-order valence-corrected chi connectivity index (χ2v) is 6.42. The van der Waals surface area contributed by atoms with Gasteiger partial charge in [0.05, 0.1) is 0 Å². The van der Waals surface area contributed by atoms with Gasteiger partial charge in [0, 0.05) is 25.9 Å². The average molecular weight is 312 g/mol. The van der Waals surface area contributed by atoms with Gasteiger partial charge in [0.25, 0.3) is 5.91 Å². The smallest absolute Gasteiger partial charge is 0.276 e. The maximum Gasteiger partial charge on any atom is 0.276 e. The molecule has 1 amide bonds. The molecule has 2 atom stereocenters. The molecule has 1 aliphatic rings. The first-order valence-corrected chi connectivity index (χ1v) is 8.34. The van der Waals surface area contributed by atoms with Crippen molar-refractivity contribution in [1.29, 1.82) is 0 Å². The summed E-state index contributed by atoms with van der Waals surface area (Å²) in [6.45, 7) is 3.58. The Kier molecular flexibility index (Phi) is 4.51. The SMILES string of the molecule is Cc1nc(C(=O)N(C)C2CCCCC2c2ccccc2)c(C)o1. The first-order valence-electron chi connectivity index (χ1n) is 8.34. The zero-order valence-electron chi connectivity index (χ0n) is 14.1. The molecule has 1 heterocycles. The first-order chi connectivity index (χ1) is 11.1. The summed E-state index contributed by atoms with van der Waals surface area (Å²) in [5, 5.41) is 0. The van der Waals surface area contributed by atoms with E-state index < -0.39 is 0 Å². The zero-order valence-corrected chi connectivity index (χ0v) is 14.1. The molecule has 2 unspecified atom stereocenters. The number of aromatic nitrogens is 1. The van der Waals surface area contributed by atoms with Gasteiger partial charge >= 0.3 is 0 Å². The van der Waals surface area contributed by atoms with E-state index in [9.17, 15) is 4.79 Å². The quantitative estimate of drug-likeness (QED) is 0.857. The minimum atomic E-state index is -0.0350. The van der Waals surface area contributed by atoms with Crippen LogP contribution in [0.4, 0.5) is 0 Å². The molecule has 1 fully saturated rings. The highest BCUT2D eigenvalue weighted by Crippen LogP contribution is 2.36. The van der Waals surface area contributed by atoms with Gasteiger partial charge in [0.1, 0.15) is 5.76 Å². The number of hydrogen-bond acceptors (Lipinski definition) is 3. The molecule has 1 saturated carbocycles. The number of carbonyl (C=O) groups is 1. The van der Waals surface area contributed by atoms with E-state index in [1.165, 1.54) is 18.4 Å². The van der Waals surface area contributed by atoms with Gasteiger partial charge in [-0.05, 0) is 25.3 Å². The molecule has 0 N–H and O–H groups in total. The molecule has 0 saturated heterocycles. The molecule has 3 rings (SSSR count). The number of nitrogens with zero attached hydrogens (tertiary/aromatic N) is 2. The molecule has 1 aliphatic carbocycles. The zero-order chi connectivity index (χ0) is 16.4. The fourth-order valence-electron chi connectivity index (χ4n) is 3.71. The summed E-state index contributed by atoms with van der Waals surface area (Å²) >= 11 is 0. The van der Waals surface area contributed by atoms with Crippen LogP contribution < -0.4 is 0 Å². The molecule has 2 aromatic rings. The summed E-state index contributed by atoms with van der Waals surface area (Å²) < 4.78 is 5.43. The van der Waals surface area contributed by atoms with Crippen LogP contribution in [0.1, 0.15) is 59.3 Å². The number of hydrogen-bond donors (Lipinski definition) is 0. The standard InChI is InChI=1S/C19H24N2O2/c1-13-18(20-14(2)23-13)19(22)21(3)17-12-8-7-11-16(17)15-9-5-4-6-10-15/h4-6,9-10,16-17H,7-8,11-12H2,1-3H3. The summed E-state index contributed by atoms with van der Waals surface area (Å²) in [7, 11) is 1.90. The fraction of sp³-hybridized carbons (Fsp3) is 0.474. The van der Waals surface area contributed by atoms with Crippen LogP contribution in [-0.2, 0) is 0 Å². The average Bonchev–Trinajstić information content (AvgIpc) is 2.92. The van der Waals surface area contributed by atoms with Gasteiger partial charge in [-0.25, -0.2) is 4.98 Å². The maximum atomic E-state index is 12.9. The van der Waals surface area contributed by atoms with Gasteiger partial charge in [0.15, 0.2) is 11.6 Å². The molecule has 4 nitrogen and oxygen atoms in total. The van der Waals surface area contributed by atoms with E-state index in [2.05, 4.69) is 29.2 Å². The van der Waals surface area contributed by atoms with Crippen molar-refractivity contribution in [1.82, 2.24) is 9.88 Å². The lowest BCUT2D eigenvalue weighted by Crippen LogP contribution is -2.42. The van der Waals surface area contributed by atoms with Gasteiger partial charge in [-0.1, -0.05) is 43.2 Å². The third-order valence-corrected chi connectivity index (χ3v) is 4.88. The highest BCUT2D eigenvalue weighted by Gasteiger charge is 2.33. The Hall–Kier alpha value is -2.10. The predicted octanol–water partition coefficient (Wildman–Crippen LogP) is 4.09. The van der Waals surface area contributed by atoms with E-state index in [0.29, 0.717) is 23.3 Å². The minimum Gasteiger partial charge on any atom is -0.445 e. The Balaban J connectivity index is 1.85. The van der Waals surface area contributed by atoms with Crippen LogP contribution in [0.3, 0.4) is 0 Å². The normalized spacial score (nSPS) is 21.2. The van der Waals surface area contributed by atoms with Gasteiger partial charge in [0.2, 0.25) is 0 Å². The van der Waals surface area contributed by atoms with Crippen molar-refractivity contribution >= 4 is 5.91 Å². The topological polar surface area (TPSA) is 46.3 Å². The number of aryl methyl sites for hydroxylation is 2. The molecule has 122 valence electrons. The second-order valence-electron chi connectivity index (χ2n) is 6.42. The molecule has 1 aromatic heterocycles. The number of carbonyl (C=O) groups excluding carboxylic acids is 1. The minimum absolute atomic E-state index is 0.0350. The molecule has 0 bridgehead atoms. The van der Waals surface area contributed by atoms with Crippen LogP contribution in [0.2, 0.25) is 0 Å². The Morgan fingerprint density at radius 1 is 1.17 bits per heavy atom. The molecule has 0 spiro atoms. The molecule has 0 radical (unpaired) electrons. The van der Waals surface area contributed by atoms with Crippen molar-refractivity contribution < 1.29 is 9.21 Å². The van der Waals surface area contributed by atoms with Crippen molar-refractivity contribution in [2.75, 3.05) is 7.05 Å². The van der Waals surface area contributed by atoms with Gasteiger partial charge in [-0.3, -0.25) is 4.79 Å². The Bertz CT molecular complexity index is 678. The maximum absolute atomic E-state index is 12.9. The van der Waals surface area contributed by atoms with Crippen LogP contribution in [0.15, 0.2) is 34.7 Å². The van der Waals surface area contributed by atoms with Crippen LogP contribution >= 0.6 is 0 Å². The largest absolute Gasteiger partial charge is 0.445 e. The fourth-order valence-corrected chi connectivity index (χ4v) is 3.71. The lowest BCUT2D eigenvalue weighted by Gasteiger charge is -2.38. The number of benzene rings is 1. The number of rotatable bonds is 3. The summed E-state index contributed by atoms with van der Waals surface area (Å²) in [5.74, 6) is 1.51. The number of oxazole rings is 1. The van der Waals surface area contributed by atoms with Crippen LogP contribution in [0.5, 0.6) is 0 Å². The molecular formula is C19H24N2O2. The van der Waals surface area contributed by atoms with Crippen molar-refractivity contribution in [2.24, 2.45) is 0 Å². The lowest BCUT2D eigenvalue weighted by atomic mass is 9.79. The van der Waals surface area contributed by atoms with Crippen molar-refractivity contribution in [3.8, 4) is 0 Å². The van der Waals surface area contributed by atoms with Crippen molar-refractivity contribution in [3.05, 3.63) is 53.2 Å². The second kappa shape index (κ2) is 6.57. The van der Waals surface area contributed by atoms with Gasteiger partial charge in [-0.15, -0.1) is 0 Å². The molecular weight excluding hydrogens is 288 g/mol. The van der Waals surface area contributed by atoms with E-state index in [1.807, 2.05) is 18.0 Å². The van der Waals surface area contributed by atoms with Crippen LogP contribution in [0.25, 0.3) is 0 Å². The Morgan fingerprint density at radius 2 is 1.87 bits per heavy atom. The van der Waals surface area contributed by atoms with Crippen molar-refractivity contribution in [2.45, 2.75) is 51.5 Å². The molecule has 23 heavy (non-hydrogen) atoms. The Labute approximate surface area is 137 Å². The summed E-state index contributed by atoms with van der Waals surface area (Å²) in [6.07, 6.45) is 4.56. The predicted molar refractivity (Wildman–Crippen MR) is 89.5 cm³/mol. The van der Waals surface area contributed by atoms with E-state index in [1.54, 1.807) is 13.8 Å². The van der Waals surface area contributed by atoms with E-state index in [-0.39, 0.29) is 11.9 Å². The number of likely N-dealkylation sites (N-methyl/N-ethyl adjacent to an activating group) is 1. The monoisotopic (exact) mass is 312 g/mol. The third-order valence-electron chi connectivity index (χ3n) is 4.88. The lowest BCUT2D eigenvalue weighted by molar-refractivity contribution is 0.0662. The molecule has 4 heteroatoms. The third kappa shape index (κ3) is 3.16. The summed E-state index contributed by atoms with van der Waals surface area (Å²) in [4.78, 5) is 19.0. The van der Waals surface area contributed by atoms with Crippen LogP contribution in [0, 0.1) is 13.8 Å². The first kappa shape index (κ1) is 15.8. The molecule has 1 aromatic carbocycles. The number of amides is 1. The van der Waals surface area contributed by atoms with E-state index >= 15 is 0 Å². The molecule has 0 aliphatic heterocycles. The van der Waals surface area contributed by atoms with Gasteiger partial charge < -0.3 is 9.32 Å². The van der Waals surface area contributed by atoms with Gasteiger partial charge in [-0.2, -0.15) is 0 Å². The highest BCUT2D eigenvalue weighted by atomic mass is 16.4. The van der Waals surface area contributed by atoms with E-state index in [0.717, 1.165) is 12.8 Å². The summed E-state index contributed by atoms with van der Waals surface area (Å²) in [5.41, 5.74) is 1.77. The highest BCUT2D eigenvalue weighted by molar-refractivity contribution is 5.93. The van der Waals surface area contributed by atoms with Crippen molar-refractivity contribution in [3.63, 3.8) is 0 Å². The van der Waals surface area contributed by atoms with Crippen LogP contribution in [-0.4, -0.2) is 28.9 Å². The summed E-state index contributed by atoms with van der Waals surface area (Å²) in [6, 6.07) is 10.8. The van der Waals surface area contributed by atoms with E-state index in [4.69, 9.17) is 4.42 Å².